The molecule has 0 saturated carbocycles. The molecular weight excluding hydrogens is 901 g/mol. The van der Waals surface area contributed by atoms with E-state index in [1.807, 2.05) is 0 Å². The molecule has 0 bridgehead atoms. The van der Waals surface area contributed by atoms with Crippen LogP contribution in [0.15, 0.2) is 303 Å². The Morgan fingerprint density at radius 1 is 0.160 bits per heavy atom. The number of fused-ring (bicyclic) bond motifs is 17. The van der Waals surface area contributed by atoms with E-state index in [2.05, 4.69) is 303 Å². The topological polar surface area (TPSA) is 0 Å². The molecule has 0 nitrogen and oxygen atoms in total. The monoisotopic (exact) mass is 952 g/mol. The van der Waals surface area contributed by atoms with E-state index >= 15 is 0 Å². The fourth-order valence-electron chi connectivity index (χ4n) is 11.5. The minimum atomic E-state index is 1.10. The van der Waals surface area contributed by atoms with Gasteiger partial charge in [0.05, 0.1) is 0 Å². The van der Waals surface area contributed by atoms with Gasteiger partial charge in [0, 0.05) is 0 Å². The lowest BCUT2D eigenvalue weighted by molar-refractivity contribution is 1.26. The molecule has 2 aliphatic rings. The second-order valence-electron chi connectivity index (χ2n) is 19.4. The molecule has 0 spiro atoms. The summed E-state index contributed by atoms with van der Waals surface area (Å²) in [5, 5.41) is 21.3. The lowest BCUT2D eigenvalue weighted by atomic mass is 9.95. The summed E-state index contributed by atoms with van der Waals surface area (Å²) in [6.45, 7) is 0. The summed E-state index contributed by atoms with van der Waals surface area (Å²) in [6, 6.07) is 108. The van der Waals surface area contributed by atoms with Crippen LogP contribution in [0.3, 0.4) is 0 Å². The quantitative estimate of drug-likeness (QED) is 0.105. The van der Waals surface area contributed by atoms with Gasteiger partial charge in [-0.3, -0.25) is 0 Å². The zero-order valence-electron chi connectivity index (χ0n) is 41.6. The van der Waals surface area contributed by atoms with Crippen LogP contribution in [0.25, 0.3) is 120 Å². The molecule has 75 heavy (non-hydrogen) atoms. The zero-order chi connectivity index (χ0) is 49.9. The summed E-state index contributed by atoms with van der Waals surface area (Å²) in [5.74, 6) is 0. The molecule has 0 amide bonds. The van der Waals surface area contributed by atoms with E-state index < -0.39 is 0 Å². The molecule has 0 radical (unpaired) electrons. The predicted molar refractivity (Wildman–Crippen MR) is 325 cm³/mol. The van der Waals surface area contributed by atoms with Gasteiger partial charge in [0.15, 0.2) is 0 Å². The van der Waals surface area contributed by atoms with Crippen LogP contribution in [-0.2, 0) is 6.42 Å². The average Bonchev–Trinajstić information content (AvgIpc) is 4.04. The molecule has 2 aliphatic carbocycles. The van der Waals surface area contributed by atoms with E-state index in [4.69, 9.17) is 0 Å². The largest absolute Gasteiger partial charge is 0.0619 e. The molecular formula is C75H52. The van der Waals surface area contributed by atoms with E-state index in [1.165, 1.54) is 131 Å². The second-order valence-corrected chi connectivity index (χ2v) is 19.4. The molecule has 17 rings (SSSR count). The normalized spacial score (nSPS) is 11.4. The molecule has 0 fully saturated rings. The first kappa shape index (κ1) is 45.3. The Labute approximate surface area is 438 Å². The molecule has 15 aromatic rings. The fraction of sp³-hybridized carbons (Fsp3) is 0.0133. The van der Waals surface area contributed by atoms with Crippen LogP contribution in [0.5, 0.6) is 0 Å². The number of rotatable bonds is 0. The van der Waals surface area contributed by atoms with Crippen molar-refractivity contribution in [1.82, 2.24) is 0 Å². The Morgan fingerprint density at radius 2 is 0.413 bits per heavy atom. The maximum absolute atomic E-state index is 2.24. The number of hydrogen-bond acceptors (Lipinski definition) is 0. The molecule has 0 atom stereocenters. The maximum Gasteiger partial charge on any atom is -0.00135 e. The highest BCUT2D eigenvalue weighted by Gasteiger charge is 2.20. The molecule has 0 aromatic heterocycles. The molecule has 0 unspecified atom stereocenters. The van der Waals surface area contributed by atoms with E-state index in [0.29, 0.717) is 0 Å². The summed E-state index contributed by atoms with van der Waals surface area (Å²) in [7, 11) is 0. The molecule has 0 saturated heterocycles. The molecule has 0 heterocycles. The highest BCUT2D eigenvalue weighted by atomic mass is 14.2. The van der Waals surface area contributed by atoms with E-state index in [1.54, 1.807) is 0 Å². The van der Waals surface area contributed by atoms with Crippen molar-refractivity contribution in [3.63, 3.8) is 0 Å². The van der Waals surface area contributed by atoms with Crippen molar-refractivity contribution >= 4 is 86.2 Å². The summed E-state index contributed by atoms with van der Waals surface area (Å²) < 4.78 is 0. The van der Waals surface area contributed by atoms with Crippen LogP contribution < -0.4 is 0 Å². The van der Waals surface area contributed by atoms with Gasteiger partial charge in [-0.25, -0.2) is 0 Å². The van der Waals surface area contributed by atoms with Gasteiger partial charge in [0.2, 0.25) is 0 Å². The van der Waals surface area contributed by atoms with Crippen LogP contribution in [0.2, 0.25) is 0 Å². The van der Waals surface area contributed by atoms with Crippen LogP contribution in [0, 0.1) is 0 Å². The van der Waals surface area contributed by atoms with Gasteiger partial charge in [-0.1, -0.05) is 291 Å². The lowest BCUT2D eigenvalue weighted by Crippen LogP contribution is -1.81. The molecule has 352 valence electrons. The predicted octanol–water partition coefficient (Wildman–Crippen LogP) is 20.9. The Kier molecular flexibility index (Phi) is 12.1. The highest BCUT2D eigenvalue weighted by Crippen LogP contribution is 2.46. The average molecular weight is 953 g/mol. The molecule has 0 heteroatoms. The third kappa shape index (κ3) is 8.73. The third-order valence-electron chi connectivity index (χ3n) is 15.0. The molecule has 15 aromatic carbocycles. The van der Waals surface area contributed by atoms with Gasteiger partial charge in [0.25, 0.3) is 0 Å². The Balaban J connectivity index is 0.0000000905. The van der Waals surface area contributed by atoms with Crippen molar-refractivity contribution in [1.29, 1.82) is 0 Å². The van der Waals surface area contributed by atoms with E-state index in [-0.39, 0.29) is 0 Å². The van der Waals surface area contributed by atoms with Crippen LogP contribution in [0.1, 0.15) is 11.1 Å². The molecule has 0 N–H and O–H groups in total. The second kappa shape index (κ2) is 20.1. The smallest absolute Gasteiger partial charge is 0.00135 e. The first-order valence-electron chi connectivity index (χ1n) is 26.0. The standard InChI is InChI=1S/C18H12.C16H10.2C14H10.C13H10/c1-2-8-14-13(7-1)15-9-3-4-11-17(15)18-12-6-5-10-16(14)18;1-2-8-13-12(7-1)14-9-3-5-11-6-4-10-15(13)16(11)14;1-3-7-13-11(5-1)9-10-12-6-2-4-8-14(12)13;1-2-6-12-10-14-8-4-3-7-13(14)9-11(12)5-1;1-3-7-12-10(5-1)9-11-6-2-4-8-13(11)12/h1-12H;1-10H;2*1-10H;1-8H,9H2. The van der Waals surface area contributed by atoms with E-state index in [9.17, 15) is 0 Å². The first-order chi connectivity index (χ1) is 37.2. The van der Waals surface area contributed by atoms with Gasteiger partial charge in [-0.05, 0) is 149 Å². The maximum atomic E-state index is 2.24. The summed E-state index contributed by atoms with van der Waals surface area (Å²) in [6.07, 6.45) is 1.10. The van der Waals surface area contributed by atoms with Crippen molar-refractivity contribution in [2.24, 2.45) is 0 Å². The van der Waals surface area contributed by atoms with Crippen molar-refractivity contribution in [2.45, 2.75) is 6.42 Å². The van der Waals surface area contributed by atoms with Crippen molar-refractivity contribution in [3.8, 4) is 33.4 Å². The van der Waals surface area contributed by atoms with Gasteiger partial charge in [-0.15, -0.1) is 0 Å². The van der Waals surface area contributed by atoms with Crippen LogP contribution in [0.4, 0.5) is 0 Å². The SMILES string of the molecule is c1ccc2c(c1)-c1cccc3cccc-2c13.c1ccc2c(c1)Cc1ccccc1-2.c1ccc2c(c1)c1ccccc1c1ccccc21.c1ccc2c(c1)ccc1ccccc12.c1ccc2cc3ccccc3cc2c1. The lowest BCUT2D eigenvalue weighted by Gasteiger charge is -2.09. The third-order valence-corrected chi connectivity index (χ3v) is 15.0. The minimum absolute atomic E-state index is 1.10. The first-order valence-corrected chi connectivity index (χ1v) is 26.0. The van der Waals surface area contributed by atoms with Crippen molar-refractivity contribution in [3.05, 3.63) is 314 Å². The summed E-state index contributed by atoms with van der Waals surface area (Å²) in [5.41, 5.74) is 11.2. The Bertz CT molecular complexity index is 4080. The summed E-state index contributed by atoms with van der Waals surface area (Å²) in [4.78, 5) is 0. The Hall–Kier alpha value is -9.62. The van der Waals surface area contributed by atoms with Gasteiger partial charge in [-0.2, -0.15) is 0 Å². The van der Waals surface area contributed by atoms with Crippen LogP contribution >= 0.6 is 0 Å². The fourth-order valence-corrected chi connectivity index (χ4v) is 11.5. The Morgan fingerprint density at radius 3 is 0.773 bits per heavy atom. The minimum Gasteiger partial charge on any atom is -0.0619 e. The van der Waals surface area contributed by atoms with Crippen LogP contribution in [-0.4, -0.2) is 0 Å². The zero-order valence-corrected chi connectivity index (χ0v) is 41.6. The highest BCUT2D eigenvalue weighted by molar-refractivity contribution is 6.25. The van der Waals surface area contributed by atoms with Crippen molar-refractivity contribution in [2.75, 3.05) is 0 Å². The van der Waals surface area contributed by atoms with Gasteiger partial charge < -0.3 is 0 Å². The number of hydrogen-bond donors (Lipinski definition) is 0. The number of benzene rings is 15. The molecule has 0 aliphatic heterocycles. The van der Waals surface area contributed by atoms with Crippen molar-refractivity contribution < 1.29 is 0 Å². The summed E-state index contributed by atoms with van der Waals surface area (Å²) >= 11 is 0. The van der Waals surface area contributed by atoms with E-state index in [0.717, 1.165) is 6.42 Å². The van der Waals surface area contributed by atoms with Gasteiger partial charge >= 0.3 is 0 Å². The van der Waals surface area contributed by atoms with Gasteiger partial charge in [0.1, 0.15) is 0 Å².